The third-order valence-corrected chi connectivity index (χ3v) is 4.18. The van der Waals surface area contributed by atoms with Crippen molar-refractivity contribution >= 4 is 34.9 Å². The number of carbonyl (C=O) groups excluding carboxylic acids is 2. The number of anilines is 2. The molecule has 0 radical (unpaired) electrons. The standard InChI is InChI=1S/C18H19ClN4O2/c19-15-10-14(6-7-16(15)23-9-8-20-17(24)12-23)22-18(25)21-11-13-4-2-1-3-5-13/h1-7,10H,8-9,11-12H2,(H,20,24)(H2,21,22,25). The number of urea groups is 1. The average Bonchev–Trinajstić information content (AvgIpc) is 2.61. The van der Waals surface area contributed by atoms with Crippen molar-refractivity contribution in [1.82, 2.24) is 10.6 Å². The van der Waals surface area contributed by atoms with Crippen LogP contribution in [0.2, 0.25) is 5.02 Å². The molecule has 7 heteroatoms. The van der Waals surface area contributed by atoms with Crippen LogP contribution in [0.4, 0.5) is 16.2 Å². The SMILES string of the molecule is O=C1CN(c2ccc(NC(=O)NCc3ccccc3)cc2Cl)CCN1. The maximum atomic E-state index is 12.0. The van der Waals surface area contributed by atoms with Crippen LogP contribution in [-0.2, 0) is 11.3 Å². The molecule has 1 saturated heterocycles. The van der Waals surface area contributed by atoms with Gasteiger partial charge in [-0.05, 0) is 23.8 Å². The van der Waals surface area contributed by atoms with E-state index in [2.05, 4.69) is 16.0 Å². The highest BCUT2D eigenvalue weighted by atomic mass is 35.5. The quantitative estimate of drug-likeness (QED) is 0.786. The molecule has 25 heavy (non-hydrogen) atoms. The number of rotatable bonds is 4. The Kier molecular flexibility index (Phi) is 5.40. The highest BCUT2D eigenvalue weighted by Gasteiger charge is 2.18. The van der Waals surface area contributed by atoms with E-state index >= 15 is 0 Å². The predicted molar refractivity (Wildman–Crippen MR) is 99.0 cm³/mol. The van der Waals surface area contributed by atoms with Crippen LogP contribution in [0.3, 0.4) is 0 Å². The Morgan fingerprint density at radius 1 is 1.20 bits per heavy atom. The van der Waals surface area contributed by atoms with E-state index in [0.29, 0.717) is 30.3 Å². The maximum absolute atomic E-state index is 12.0. The highest BCUT2D eigenvalue weighted by molar-refractivity contribution is 6.33. The number of halogens is 1. The van der Waals surface area contributed by atoms with Crippen molar-refractivity contribution in [1.29, 1.82) is 0 Å². The first-order chi connectivity index (χ1) is 12.1. The molecule has 1 fully saturated rings. The maximum Gasteiger partial charge on any atom is 0.319 e. The molecular formula is C18H19ClN4O2. The van der Waals surface area contributed by atoms with E-state index in [1.54, 1.807) is 12.1 Å². The molecule has 2 aromatic rings. The van der Waals surface area contributed by atoms with E-state index < -0.39 is 0 Å². The van der Waals surface area contributed by atoms with Crippen molar-refractivity contribution in [2.24, 2.45) is 0 Å². The van der Waals surface area contributed by atoms with Crippen molar-refractivity contribution in [3.8, 4) is 0 Å². The summed E-state index contributed by atoms with van der Waals surface area (Å²) < 4.78 is 0. The molecule has 1 aliphatic heterocycles. The van der Waals surface area contributed by atoms with Gasteiger partial charge in [0.05, 0.1) is 17.3 Å². The van der Waals surface area contributed by atoms with Crippen LogP contribution in [0, 0.1) is 0 Å². The topological polar surface area (TPSA) is 73.5 Å². The van der Waals surface area contributed by atoms with Gasteiger partial charge < -0.3 is 20.9 Å². The van der Waals surface area contributed by atoms with Crippen molar-refractivity contribution in [3.05, 3.63) is 59.1 Å². The Balaban J connectivity index is 1.58. The summed E-state index contributed by atoms with van der Waals surface area (Å²) in [6.07, 6.45) is 0. The fourth-order valence-corrected chi connectivity index (χ4v) is 2.94. The molecule has 2 aromatic carbocycles. The van der Waals surface area contributed by atoms with Gasteiger partial charge in [0.25, 0.3) is 0 Å². The molecule has 0 atom stereocenters. The number of piperazine rings is 1. The molecule has 1 heterocycles. The smallest absolute Gasteiger partial charge is 0.319 e. The van der Waals surface area contributed by atoms with Gasteiger partial charge in [-0.15, -0.1) is 0 Å². The second-order valence-corrected chi connectivity index (χ2v) is 6.14. The summed E-state index contributed by atoms with van der Waals surface area (Å²) in [7, 11) is 0. The Bertz CT molecular complexity index is 767. The summed E-state index contributed by atoms with van der Waals surface area (Å²) in [5.74, 6) is -0.0233. The molecule has 0 aromatic heterocycles. The second-order valence-electron chi connectivity index (χ2n) is 5.73. The molecule has 0 saturated carbocycles. The summed E-state index contributed by atoms with van der Waals surface area (Å²) in [5, 5.41) is 8.83. The summed E-state index contributed by atoms with van der Waals surface area (Å²) in [6.45, 7) is 2.03. The van der Waals surface area contributed by atoms with Crippen molar-refractivity contribution in [3.63, 3.8) is 0 Å². The monoisotopic (exact) mass is 358 g/mol. The molecule has 3 N–H and O–H groups in total. The fraction of sp³-hybridized carbons (Fsp3) is 0.222. The third-order valence-electron chi connectivity index (χ3n) is 3.88. The average molecular weight is 359 g/mol. The fourth-order valence-electron chi connectivity index (χ4n) is 2.64. The van der Waals surface area contributed by atoms with Crippen molar-refractivity contribution in [2.45, 2.75) is 6.54 Å². The number of nitrogens with zero attached hydrogens (tertiary/aromatic N) is 1. The lowest BCUT2D eigenvalue weighted by molar-refractivity contribution is -0.120. The van der Waals surface area contributed by atoms with Gasteiger partial charge in [0.15, 0.2) is 0 Å². The van der Waals surface area contributed by atoms with E-state index in [-0.39, 0.29) is 18.5 Å². The largest absolute Gasteiger partial charge is 0.359 e. The van der Waals surface area contributed by atoms with E-state index in [4.69, 9.17) is 11.6 Å². The zero-order valence-corrected chi connectivity index (χ0v) is 14.3. The minimum absolute atomic E-state index is 0.0233. The van der Waals surface area contributed by atoms with Gasteiger partial charge in [-0.2, -0.15) is 0 Å². The van der Waals surface area contributed by atoms with Crippen LogP contribution in [-0.4, -0.2) is 31.6 Å². The summed E-state index contributed by atoms with van der Waals surface area (Å²) >= 11 is 6.32. The molecule has 6 nitrogen and oxygen atoms in total. The second kappa shape index (κ2) is 7.90. The summed E-state index contributed by atoms with van der Waals surface area (Å²) in [6, 6.07) is 14.6. The number of amides is 3. The van der Waals surface area contributed by atoms with Gasteiger partial charge in [-0.25, -0.2) is 4.79 Å². The van der Waals surface area contributed by atoms with Crippen LogP contribution in [0.15, 0.2) is 48.5 Å². The summed E-state index contributed by atoms with van der Waals surface area (Å²) in [5.41, 5.74) is 2.40. The number of hydrogen-bond acceptors (Lipinski definition) is 3. The first kappa shape index (κ1) is 17.1. The van der Waals surface area contributed by atoms with Gasteiger partial charge in [0, 0.05) is 25.3 Å². The van der Waals surface area contributed by atoms with E-state index in [1.807, 2.05) is 41.3 Å². The predicted octanol–water partition coefficient (Wildman–Crippen LogP) is 2.60. The van der Waals surface area contributed by atoms with Crippen molar-refractivity contribution in [2.75, 3.05) is 29.9 Å². The Hall–Kier alpha value is -2.73. The van der Waals surface area contributed by atoms with Crippen molar-refractivity contribution < 1.29 is 9.59 Å². The van der Waals surface area contributed by atoms with E-state index in [9.17, 15) is 9.59 Å². The molecular weight excluding hydrogens is 340 g/mol. The lowest BCUT2D eigenvalue weighted by atomic mass is 10.2. The van der Waals surface area contributed by atoms with Gasteiger partial charge >= 0.3 is 6.03 Å². The molecule has 0 spiro atoms. The number of carbonyl (C=O) groups is 2. The molecule has 130 valence electrons. The van der Waals surface area contributed by atoms with E-state index in [0.717, 1.165) is 11.3 Å². The molecule has 1 aliphatic rings. The molecule has 0 bridgehead atoms. The minimum atomic E-state index is -0.301. The number of benzene rings is 2. The lowest BCUT2D eigenvalue weighted by Crippen LogP contribution is -2.47. The number of hydrogen-bond donors (Lipinski definition) is 3. The molecule has 0 aliphatic carbocycles. The number of nitrogens with one attached hydrogen (secondary N) is 3. The van der Waals surface area contributed by atoms with Crippen LogP contribution in [0.25, 0.3) is 0 Å². The minimum Gasteiger partial charge on any atom is -0.359 e. The summed E-state index contributed by atoms with van der Waals surface area (Å²) in [4.78, 5) is 25.4. The molecule has 3 rings (SSSR count). The van der Waals surface area contributed by atoms with Crippen LogP contribution in [0.1, 0.15) is 5.56 Å². The zero-order valence-electron chi connectivity index (χ0n) is 13.6. The third kappa shape index (κ3) is 4.64. The van der Waals surface area contributed by atoms with Crippen LogP contribution < -0.4 is 20.9 Å². The van der Waals surface area contributed by atoms with Gasteiger partial charge in [0.2, 0.25) is 5.91 Å². The van der Waals surface area contributed by atoms with Gasteiger partial charge in [-0.3, -0.25) is 4.79 Å². The van der Waals surface area contributed by atoms with Crippen LogP contribution in [0.5, 0.6) is 0 Å². The molecule has 3 amide bonds. The highest BCUT2D eigenvalue weighted by Crippen LogP contribution is 2.29. The van der Waals surface area contributed by atoms with Gasteiger partial charge in [-0.1, -0.05) is 41.9 Å². The molecule has 0 unspecified atom stereocenters. The first-order valence-corrected chi connectivity index (χ1v) is 8.39. The first-order valence-electron chi connectivity index (χ1n) is 8.02. The van der Waals surface area contributed by atoms with E-state index in [1.165, 1.54) is 0 Å². The van der Waals surface area contributed by atoms with Crippen LogP contribution >= 0.6 is 11.6 Å². The zero-order chi connectivity index (χ0) is 17.6. The Labute approximate surface area is 151 Å². The Morgan fingerprint density at radius 3 is 2.72 bits per heavy atom. The van der Waals surface area contributed by atoms with Gasteiger partial charge in [0.1, 0.15) is 0 Å². The Morgan fingerprint density at radius 2 is 2.00 bits per heavy atom. The lowest BCUT2D eigenvalue weighted by Gasteiger charge is -2.29. The normalized spacial score (nSPS) is 14.0.